The number of urea groups is 1. The van der Waals surface area contributed by atoms with Gasteiger partial charge in [-0.2, -0.15) is 0 Å². The second kappa shape index (κ2) is 9.52. The van der Waals surface area contributed by atoms with Crippen LogP contribution in [-0.2, 0) is 11.3 Å². The molecule has 1 aromatic carbocycles. The number of anilines is 1. The molecule has 4 N–H and O–H groups in total. The van der Waals surface area contributed by atoms with Crippen molar-refractivity contribution in [3.05, 3.63) is 50.7 Å². The van der Waals surface area contributed by atoms with Crippen molar-refractivity contribution >= 4 is 40.6 Å². The van der Waals surface area contributed by atoms with Crippen LogP contribution in [0.1, 0.15) is 16.0 Å². The van der Waals surface area contributed by atoms with Gasteiger partial charge in [-0.25, -0.2) is 4.79 Å². The van der Waals surface area contributed by atoms with Crippen LogP contribution in [0.5, 0.6) is 0 Å². The Kier molecular flexibility index (Phi) is 7.07. The molecule has 150 valence electrons. The lowest BCUT2D eigenvalue weighted by Gasteiger charge is -2.29. The number of hydrogen-bond acceptors (Lipinski definition) is 3. The number of hydrogen-bond donors (Lipinski definition) is 4. The molecule has 1 saturated heterocycles. The van der Waals surface area contributed by atoms with E-state index in [0.717, 1.165) is 48.2 Å². The zero-order valence-electron chi connectivity index (χ0n) is 16.2. The molecule has 0 saturated carbocycles. The van der Waals surface area contributed by atoms with Crippen molar-refractivity contribution < 1.29 is 19.4 Å². The molecule has 0 radical (unpaired) electrons. The van der Waals surface area contributed by atoms with Gasteiger partial charge in [0.05, 0.1) is 9.21 Å². The number of amides is 3. The van der Waals surface area contributed by atoms with Gasteiger partial charge < -0.3 is 15.1 Å². The van der Waals surface area contributed by atoms with Crippen LogP contribution in [0.3, 0.4) is 0 Å². The molecule has 1 fully saturated rings. The van der Waals surface area contributed by atoms with Gasteiger partial charge in [-0.3, -0.25) is 10.1 Å². The molecule has 1 aliphatic rings. The molecule has 3 rings (SSSR count). The molecule has 3 amide bonds. The van der Waals surface area contributed by atoms with E-state index in [-0.39, 0.29) is 5.91 Å². The molecule has 0 atom stereocenters. The highest BCUT2D eigenvalue weighted by molar-refractivity contribution is 7.16. The van der Waals surface area contributed by atoms with Gasteiger partial charge in [0.1, 0.15) is 32.7 Å². The molecule has 1 aliphatic heterocycles. The minimum Gasteiger partial charge on any atom is -0.321 e. The lowest BCUT2D eigenvalue weighted by molar-refractivity contribution is -1.01. The summed E-state index contributed by atoms with van der Waals surface area (Å²) in [5.41, 5.74) is 2.82. The van der Waals surface area contributed by atoms with E-state index < -0.39 is 6.03 Å². The van der Waals surface area contributed by atoms with Crippen LogP contribution in [0.25, 0.3) is 0 Å². The van der Waals surface area contributed by atoms with Crippen LogP contribution < -0.4 is 20.4 Å². The first-order valence-corrected chi connectivity index (χ1v) is 10.7. The molecule has 0 unspecified atom stereocenters. The smallest absolute Gasteiger partial charge is 0.321 e. The lowest BCUT2D eigenvalue weighted by atomic mass is 10.1. The Morgan fingerprint density at radius 1 is 1.07 bits per heavy atom. The van der Waals surface area contributed by atoms with E-state index in [9.17, 15) is 9.59 Å². The highest BCUT2D eigenvalue weighted by Gasteiger charge is 2.25. The summed E-state index contributed by atoms with van der Waals surface area (Å²) in [7, 11) is 0. The molecule has 8 heteroatoms. The maximum Gasteiger partial charge on any atom is 0.326 e. The van der Waals surface area contributed by atoms with Gasteiger partial charge in [-0.15, -0.1) is 11.3 Å². The number of nitrogens with one attached hydrogen (secondary N) is 4. The van der Waals surface area contributed by atoms with E-state index in [0.29, 0.717) is 12.2 Å². The van der Waals surface area contributed by atoms with Crippen molar-refractivity contribution in [1.82, 2.24) is 5.32 Å². The van der Waals surface area contributed by atoms with E-state index in [1.54, 1.807) is 11.3 Å². The van der Waals surface area contributed by atoms with E-state index >= 15 is 0 Å². The fourth-order valence-corrected chi connectivity index (χ4v) is 4.67. The first-order valence-electron chi connectivity index (χ1n) is 9.48. The fourth-order valence-electron chi connectivity index (χ4n) is 3.51. The summed E-state index contributed by atoms with van der Waals surface area (Å²) < 4.78 is 0.828. The lowest BCUT2D eigenvalue weighted by Crippen LogP contribution is -3.28. The first kappa shape index (κ1) is 20.8. The normalized spacial score (nSPS) is 19.2. The highest BCUT2D eigenvalue weighted by Crippen LogP contribution is 2.20. The third-order valence-electron chi connectivity index (χ3n) is 5.01. The van der Waals surface area contributed by atoms with Crippen LogP contribution in [-0.4, -0.2) is 44.7 Å². The van der Waals surface area contributed by atoms with Crippen LogP contribution in [0.2, 0.25) is 4.34 Å². The first-order chi connectivity index (χ1) is 13.4. The highest BCUT2D eigenvalue weighted by atomic mass is 35.5. The molecule has 0 aliphatic carbocycles. The van der Waals surface area contributed by atoms with Gasteiger partial charge in [-0.1, -0.05) is 29.3 Å². The Labute approximate surface area is 174 Å². The number of quaternary nitrogens is 2. The van der Waals surface area contributed by atoms with E-state index in [4.69, 9.17) is 11.6 Å². The van der Waals surface area contributed by atoms with Gasteiger partial charge in [0.25, 0.3) is 5.91 Å². The summed E-state index contributed by atoms with van der Waals surface area (Å²) in [5, 5.41) is 5.19. The van der Waals surface area contributed by atoms with E-state index in [1.165, 1.54) is 14.7 Å². The summed E-state index contributed by atoms with van der Waals surface area (Å²) in [4.78, 5) is 28.3. The third-order valence-corrected chi connectivity index (χ3v) is 6.24. The largest absolute Gasteiger partial charge is 0.326 e. The topological polar surface area (TPSA) is 67.1 Å². The van der Waals surface area contributed by atoms with Crippen LogP contribution in [0.15, 0.2) is 30.3 Å². The summed E-state index contributed by atoms with van der Waals surface area (Å²) >= 11 is 7.63. The SMILES string of the molecule is Cc1ccc(NC(=O)NC(=O)C[NH+]2CC[NH+](Cc3ccc(Cl)s3)CC2)c(C)c1. The van der Waals surface area contributed by atoms with Crippen LogP contribution in [0.4, 0.5) is 10.5 Å². The van der Waals surface area contributed by atoms with E-state index in [2.05, 4.69) is 16.7 Å². The average molecular weight is 423 g/mol. The molecular weight excluding hydrogens is 396 g/mol. The molecular formula is C20H27ClN4O2S+2. The quantitative estimate of drug-likeness (QED) is 0.571. The zero-order chi connectivity index (χ0) is 20.1. The van der Waals surface area contributed by atoms with Crippen molar-refractivity contribution in [3.8, 4) is 0 Å². The number of thiophene rings is 1. The van der Waals surface area contributed by atoms with Crippen LogP contribution in [0, 0.1) is 13.8 Å². The minimum absolute atomic E-state index is 0.245. The molecule has 2 aromatic rings. The number of carbonyl (C=O) groups is 2. The number of benzene rings is 1. The van der Waals surface area contributed by atoms with Gasteiger partial charge >= 0.3 is 6.03 Å². The molecule has 0 spiro atoms. The Morgan fingerprint density at radius 3 is 2.43 bits per heavy atom. The predicted octanol–water partition coefficient (Wildman–Crippen LogP) is 0.650. The monoisotopic (exact) mass is 422 g/mol. The molecule has 28 heavy (non-hydrogen) atoms. The maximum atomic E-state index is 12.2. The number of halogens is 1. The summed E-state index contributed by atoms with van der Waals surface area (Å²) in [6.45, 7) is 9.08. The summed E-state index contributed by atoms with van der Waals surface area (Å²) in [6.07, 6.45) is 0. The maximum absolute atomic E-state index is 12.2. The van der Waals surface area contributed by atoms with Crippen molar-refractivity contribution in [2.75, 3.05) is 38.0 Å². The summed E-state index contributed by atoms with van der Waals surface area (Å²) in [6, 6.07) is 9.32. The third kappa shape index (κ3) is 6.04. The fraction of sp³-hybridized carbons (Fsp3) is 0.400. The van der Waals surface area contributed by atoms with Crippen molar-refractivity contribution in [3.63, 3.8) is 0 Å². The van der Waals surface area contributed by atoms with Crippen molar-refractivity contribution in [2.45, 2.75) is 20.4 Å². The Morgan fingerprint density at radius 2 is 1.79 bits per heavy atom. The second-order valence-corrected chi connectivity index (χ2v) is 9.18. The zero-order valence-corrected chi connectivity index (χ0v) is 17.8. The Balaban J connectivity index is 1.39. The molecule has 1 aromatic heterocycles. The van der Waals surface area contributed by atoms with Gasteiger partial charge in [0.15, 0.2) is 6.54 Å². The minimum atomic E-state index is -0.477. The van der Waals surface area contributed by atoms with Crippen molar-refractivity contribution in [2.24, 2.45) is 0 Å². The van der Waals surface area contributed by atoms with Gasteiger partial charge in [0, 0.05) is 5.69 Å². The number of aryl methyl sites for hydroxylation is 2. The Hall–Kier alpha value is -1.93. The number of rotatable bonds is 5. The van der Waals surface area contributed by atoms with Crippen LogP contribution >= 0.6 is 22.9 Å². The predicted molar refractivity (Wildman–Crippen MR) is 112 cm³/mol. The molecule has 6 nitrogen and oxygen atoms in total. The average Bonchev–Trinajstić information content (AvgIpc) is 3.04. The number of imide groups is 1. The molecule has 0 bridgehead atoms. The Bertz CT molecular complexity index is 846. The van der Waals surface area contributed by atoms with E-state index in [1.807, 2.05) is 38.1 Å². The number of piperazine rings is 1. The summed E-state index contributed by atoms with van der Waals surface area (Å²) in [5.74, 6) is -0.245. The van der Waals surface area contributed by atoms with Gasteiger partial charge in [-0.05, 0) is 37.6 Å². The second-order valence-electron chi connectivity index (χ2n) is 7.38. The molecule has 2 heterocycles. The standard InChI is InChI=1S/C20H25ClN4O2S/c1-14-3-5-17(15(2)11-14)22-20(27)23-19(26)13-25-9-7-24(8-10-25)12-16-4-6-18(21)28-16/h3-6,11H,7-10,12-13H2,1-2H3,(H2,22,23,26,27)/p+2. The van der Waals surface area contributed by atoms with Gasteiger partial charge in [0.2, 0.25) is 0 Å². The number of carbonyl (C=O) groups excluding carboxylic acids is 2. The van der Waals surface area contributed by atoms with Crippen molar-refractivity contribution in [1.29, 1.82) is 0 Å².